The van der Waals surface area contributed by atoms with E-state index in [1.165, 1.54) is 16.8 Å². The van der Waals surface area contributed by atoms with Gasteiger partial charge >= 0.3 is 0 Å². The third kappa shape index (κ3) is 3.17. The first kappa shape index (κ1) is 15.3. The molecule has 5 nitrogen and oxygen atoms in total. The molecule has 0 bridgehead atoms. The maximum Gasteiger partial charge on any atom is 0.120 e. The van der Waals surface area contributed by atoms with E-state index in [9.17, 15) is 0 Å². The molecule has 0 aromatic carbocycles. The van der Waals surface area contributed by atoms with Gasteiger partial charge in [0, 0.05) is 44.1 Å². The maximum atomic E-state index is 9.11. The van der Waals surface area contributed by atoms with Crippen molar-refractivity contribution in [3.63, 3.8) is 0 Å². The molecule has 0 fully saturated rings. The van der Waals surface area contributed by atoms with E-state index < -0.39 is 0 Å². The van der Waals surface area contributed by atoms with Gasteiger partial charge in [-0.2, -0.15) is 10.4 Å². The van der Waals surface area contributed by atoms with Crippen LogP contribution in [0.4, 0.5) is 0 Å². The average molecular weight is 285 g/mol. The smallest absolute Gasteiger partial charge is 0.120 e. The van der Waals surface area contributed by atoms with Crippen molar-refractivity contribution in [2.45, 2.75) is 40.4 Å². The van der Waals surface area contributed by atoms with E-state index in [1.807, 2.05) is 22.4 Å². The number of hydrogen-bond acceptors (Lipinski definition) is 3. The third-order valence-corrected chi connectivity index (χ3v) is 3.95. The van der Waals surface area contributed by atoms with Gasteiger partial charge in [0.1, 0.15) is 11.8 Å². The zero-order valence-electron chi connectivity index (χ0n) is 13.5. The highest BCUT2D eigenvalue weighted by molar-refractivity contribution is 5.29. The molecular formula is C16H23N5. The molecule has 0 N–H and O–H groups in total. The molecule has 112 valence electrons. The fourth-order valence-corrected chi connectivity index (χ4v) is 2.69. The first-order chi connectivity index (χ1) is 9.96. The van der Waals surface area contributed by atoms with Gasteiger partial charge in [0.05, 0.1) is 5.69 Å². The lowest BCUT2D eigenvalue weighted by molar-refractivity contribution is 0.317. The molecule has 2 rings (SSSR count). The minimum atomic E-state index is 0.731. The number of nitrogens with zero attached hydrogens (tertiary/aromatic N) is 5. The lowest BCUT2D eigenvalue weighted by Crippen LogP contribution is -2.18. The summed E-state index contributed by atoms with van der Waals surface area (Å²) in [5, 5.41) is 13.6. The summed E-state index contributed by atoms with van der Waals surface area (Å²) in [6.45, 7) is 8.73. The second-order valence-corrected chi connectivity index (χ2v) is 5.58. The molecule has 0 spiro atoms. The van der Waals surface area contributed by atoms with E-state index in [-0.39, 0.29) is 0 Å². The SMILES string of the molecule is CCn1cc(CN(C)Cc2c(C)nn(C)c2C)cc1C#N. The standard InChI is InChI=1S/C16H23N5/c1-6-21-10-14(7-15(21)8-17)9-19(4)11-16-12(2)18-20(5)13(16)3/h7,10H,6,9,11H2,1-5H3. The molecular weight excluding hydrogens is 262 g/mol. The first-order valence-corrected chi connectivity index (χ1v) is 7.23. The lowest BCUT2D eigenvalue weighted by atomic mass is 10.2. The predicted octanol–water partition coefficient (Wildman–Crippen LogP) is 2.36. The van der Waals surface area contributed by atoms with Gasteiger partial charge in [-0.3, -0.25) is 9.58 Å². The minimum absolute atomic E-state index is 0.731. The Labute approximate surface area is 126 Å². The Balaban J connectivity index is 2.10. The van der Waals surface area contributed by atoms with Crippen LogP contribution in [0.2, 0.25) is 0 Å². The van der Waals surface area contributed by atoms with Crippen LogP contribution in [0.5, 0.6) is 0 Å². The molecule has 0 saturated carbocycles. The Morgan fingerprint density at radius 1 is 1.33 bits per heavy atom. The zero-order chi connectivity index (χ0) is 15.6. The van der Waals surface area contributed by atoms with Gasteiger partial charge in [-0.05, 0) is 39.4 Å². The molecule has 2 heterocycles. The van der Waals surface area contributed by atoms with Gasteiger partial charge in [0.25, 0.3) is 0 Å². The van der Waals surface area contributed by atoms with Crippen LogP contribution in [0.1, 0.15) is 35.1 Å². The van der Waals surface area contributed by atoms with E-state index in [0.717, 1.165) is 31.0 Å². The quantitative estimate of drug-likeness (QED) is 0.847. The summed E-state index contributed by atoms with van der Waals surface area (Å²) in [7, 11) is 4.08. The largest absolute Gasteiger partial charge is 0.339 e. The molecule has 0 radical (unpaired) electrons. The van der Waals surface area contributed by atoms with Crippen LogP contribution in [0.25, 0.3) is 0 Å². The first-order valence-electron chi connectivity index (χ1n) is 7.23. The van der Waals surface area contributed by atoms with Crippen LogP contribution in [-0.4, -0.2) is 26.3 Å². The Morgan fingerprint density at radius 3 is 2.52 bits per heavy atom. The van der Waals surface area contributed by atoms with E-state index in [2.05, 4.69) is 50.1 Å². The van der Waals surface area contributed by atoms with Crippen LogP contribution < -0.4 is 0 Å². The molecule has 0 aliphatic rings. The predicted molar refractivity (Wildman–Crippen MR) is 82.7 cm³/mol. The Morgan fingerprint density at radius 2 is 2.05 bits per heavy atom. The van der Waals surface area contributed by atoms with Crippen molar-refractivity contribution in [2.75, 3.05) is 7.05 Å². The normalized spacial score (nSPS) is 11.1. The summed E-state index contributed by atoms with van der Waals surface area (Å²) in [6.07, 6.45) is 2.07. The van der Waals surface area contributed by atoms with Crippen molar-refractivity contribution in [3.8, 4) is 6.07 Å². The third-order valence-electron chi connectivity index (χ3n) is 3.95. The van der Waals surface area contributed by atoms with Gasteiger partial charge in [-0.15, -0.1) is 0 Å². The van der Waals surface area contributed by atoms with E-state index in [1.54, 1.807) is 0 Å². The number of hydrogen-bond donors (Lipinski definition) is 0. The van der Waals surface area contributed by atoms with Crippen molar-refractivity contribution < 1.29 is 0 Å². The van der Waals surface area contributed by atoms with E-state index in [0.29, 0.717) is 0 Å². The van der Waals surface area contributed by atoms with Crippen molar-refractivity contribution in [3.05, 3.63) is 40.5 Å². The maximum absolute atomic E-state index is 9.11. The molecule has 0 aliphatic heterocycles. The topological polar surface area (TPSA) is 49.8 Å². The lowest BCUT2D eigenvalue weighted by Gasteiger charge is -2.16. The van der Waals surface area contributed by atoms with E-state index in [4.69, 9.17) is 5.26 Å². The number of nitriles is 1. The Bertz CT molecular complexity index is 672. The van der Waals surface area contributed by atoms with Crippen LogP contribution >= 0.6 is 0 Å². The fraction of sp³-hybridized carbons (Fsp3) is 0.500. The molecule has 5 heteroatoms. The fourth-order valence-electron chi connectivity index (χ4n) is 2.69. The molecule has 0 aliphatic carbocycles. The summed E-state index contributed by atoms with van der Waals surface area (Å²) in [6, 6.07) is 4.22. The van der Waals surface area contributed by atoms with Crippen molar-refractivity contribution in [2.24, 2.45) is 7.05 Å². The van der Waals surface area contributed by atoms with Crippen molar-refractivity contribution in [1.82, 2.24) is 19.2 Å². The zero-order valence-corrected chi connectivity index (χ0v) is 13.5. The van der Waals surface area contributed by atoms with Crippen molar-refractivity contribution in [1.29, 1.82) is 5.26 Å². The molecule has 0 unspecified atom stereocenters. The molecule has 21 heavy (non-hydrogen) atoms. The summed E-state index contributed by atoms with van der Waals surface area (Å²) >= 11 is 0. The average Bonchev–Trinajstić information content (AvgIpc) is 2.94. The van der Waals surface area contributed by atoms with E-state index >= 15 is 0 Å². The van der Waals surface area contributed by atoms with Crippen LogP contribution in [0.15, 0.2) is 12.3 Å². The summed E-state index contributed by atoms with van der Waals surface area (Å²) in [4.78, 5) is 2.26. The molecule has 0 atom stereocenters. The highest BCUT2D eigenvalue weighted by Crippen LogP contribution is 2.16. The highest BCUT2D eigenvalue weighted by Gasteiger charge is 2.13. The van der Waals surface area contributed by atoms with Crippen LogP contribution in [0, 0.1) is 25.2 Å². The second kappa shape index (κ2) is 6.15. The van der Waals surface area contributed by atoms with Crippen LogP contribution in [-0.2, 0) is 26.7 Å². The van der Waals surface area contributed by atoms with Crippen LogP contribution in [0.3, 0.4) is 0 Å². The van der Waals surface area contributed by atoms with Gasteiger partial charge in [0.2, 0.25) is 0 Å². The molecule has 0 amide bonds. The number of rotatable bonds is 5. The molecule has 2 aromatic rings. The molecule has 0 saturated heterocycles. The Kier molecular flexibility index (Phi) is 4.49. The second-order valence-electron chi connectivity index (χ2n) is 5.58. The van der Waals surface area contributed by atoms with Gasteiger partial charge in [0.15, 0.2) is 0 Å². The summed E-state index contributed by atoms with van der Waals surface area (Å²) in [5.74, 6) is 0. The number of aromatic nitrogens is 3. The van der Waals surface area contributed by atoms with Gasteiger partial charge < -0.3 is 4.57 Å². The van der Waals surface area contributed by atoms with Gasteiger partial charge in [-0.25, -0.2) is 0 Å². The number of aryl methyl sites for hydroxylation is 3. The van der Waals surface area contributed by atoms with Crippen molar-refractivity contribution >= 4 is 0 Å². The minimum Gasteiger partial charge on any atom is -0.339 e. The highest BCUT2D eigenvalue weighted by atomic mass is 15.3. The Hall–Kier alpha value is -2.06. The molecule has 2 aromatic heterocycles. The van der Waals surface area contributed by atoms with Gasteiger partial charge in [-0.1, -0.05) is 0 Å². The summed E-state index contributed by atoms with van der Waals surface area (Å²) in [5.41, 5.74) is 5.49. The monoisotopic (exact) mass is 285 g/mol. The summed E-state index contributed by atoms with van der Waals surface area (Å²) < 4.78 is 3.92.